The van der Waals surface area contributed by atoms with Gasteiger partial charge in [0.25, 0.3) is 10.0 Å². The van der Waals surface area contributed by atoms with Crippen molar-refractivity contribution < 1.29 is 17.9 Å². The van der Waals surface area contributed by atoms with E-state index in [9.17, 15) is 13.2 Å². The summed E-state index contributed by atoms with van der Waals surface area (Å²) in [6.45, 7) is 0.778. The lowest BCUT2D eigenvalue weighted by atomic mass is 10.0. The maximum absolute atomic E-state index is 13.2. The van der Waals surface area contributed by atoms with Crippen molar-refractivity contribution in [3.63, 3.8) is 0 Å². The Bertz CT molecular complexity index is 1250. The van der Waals surface area contributed by atoms with Crippen LogP contribution in [0.1, 0.15) is 18.4 Å². The third-order valence-corrected chi connectivity index (χ3v) is 8.95. The first-order valence-electron chi connectivity index (χ1n) is 9.22. The van der Waals surface area contributed by atoms with Crippen LogP contribution >= 0.6 is 38.9 Å². The molecular formula is C18H16BrClN4O4S2. The molecule has 3 aromatic rings. The van der Waals surface area contributed by atoms with Crippen LogP contribution in [0.15, 0.2) is 39.3 Å². The van der Waals surface area contributed by atoms with Gasteiger partial charge in [-0.25, -0.2) is 18.2 Å². The monoisotopic (exact) mass is 530 g/mol. The number of hydrogen-bond donors (Lipinski definition) is 0. The van der Waals surface area contributed by atoms with Gasteiger partial charge in [0, 0.05) is 40.7 Å². The molecule has 0 atom stereocenters. The fourth-order valence-corrected chi connectivity index (χ4v) is 7.27. The first-order chi connectivity index (χ1) is 14.4. The van der Waals surface area contributed by atoms with E-state index in [1.54, 1.807) is 16.5 Å². The third-order valence-electron chi connectivity index (χ3n) is 5.40. The van der Waals surface area contributed by atoms with Gasteiger partial charge in [0.1, 0.15) is 6.61 Å². The Balaban J connectivity index is 1.39. The Hall–Kier alpha value is -1.66. The molecule has 5 rings (SSSR count). The minimum atomic E-state index is -3.81. The van der Waals surface area contributed by atoms with Gasteiger partial charge >= 0.3 is 6.09 Å². The lowest BCUT2D eigenvalue weighted by Gasteiger charge is -2.39. The molecule has 0 N–H and O–H groups in total. The van der Waals surface area contributed by atoms with Gasteiger partial charge in [0.2, 0.25) is 0 Å². The van der Waals surface area contributed by atoms with Crippen LogP contribution in [0.4, 0.5) is 10.5 Å². The van der Waals surface area contributed by atoms with Crippen molar-refractivity contribution in [1.82, 2.24) is 13.7 Å². The molecule has 0 bridgehead atoms. The van der Waals surface area contributed by atoms with Gasteiger partial charge < -0.3 is 4.74 Å². The fourth-order valence-electron chi connectivity index (χ4n) is 3.99. The van der Waals surface area contributed by atoms with Crippen LogP contribution in [0.25, 0.3) is 4.96 Å². The number of ether oxygens (including phenoxy) is 1. The molecule has 158 valence electrons. The van der Waals surface area contributed by atoms with Gasteiger partial charge in [-0.05, 0) is 31.0 Å². The molecule has 1 aromatic carbocycles. The van der Waals surface area contributed by atoms with Crippen molar-refractivity contribution >= 4 is 65.6 Å². The second-order valence-corrected chi connectivity index (χ2v) is 11.1. The number of carbonyl (C=O) groups excluding carboxylic acids is 1. The minimum Gasteiger partial charge on any atom is -0.444 e. The van der Waals surface area contributed by atoms with E-state index in [1.165, 1.54) is 20.0 Å². The summed E-state index contributed by atoms with van der Waals surface area (Å²) in [6, 6.07) is 5.56. The Morgan fingerprint density at radius 2 is 2.03 bits per heavy atom. The molecule has 0 aliphatic carbocycles. The van der Waals surface area contributed by atoms with Gasteiger partial charge in [-0.15, -0.1) is 11.3 Å². The number of halogens is 2. The number of fused-ring (bicyclic) bond motifs is 2. The minimum absolute atomic E-state index is 0.00792. The molecule has 1 fully saturated rings. The molecule has 0 unspecified atom stereocenters. The van der Waals surface area contributed by atoms with Crippen LogP contribution in [0, 0.1) is 0 Å². The summed E-state index contributed by atoms with van der Waals surface area (Å²) in [4.78, 5) is 18.8. The second-order valence-electron chi connectivity index (χ2n) is 7.10. The largest absolute Gasteiger partial charge is 0.444 e. The van der Waals surface area contributed by atoms with E-state index in [2.05, 4.69) is 20.9 Å². The smallest absolute Gasteiger partial charge is 0.414 e. The highest BCUT2D eigenvalue weighted by molar-refractivity contribution is 9.10. The number of nitrogens with zero attached hydrogens (tertiary/aromatic N) is 4. The van der Waals surface area contributed by atoms with Crippen molar-refractivity contribution in [2.75, 3.05) is 18.0 Å². The van der Waals surface area contributed by atoms with Crippen LogP contribution in [0.5, 0.6) is 0 Å². The van der Waals surface area contributed by atoms with Gasteiger partial charge in [-0.2, -0.15) is 4.31 Å². The molecule has 2 aromatic heterocycles. The van der Waals surface area contributed by atoms with Gasteiger partial charge in [0.05, 0.1) is 5.69 Å². The summed E-state index contributed by atoms with van der Waals surface area (Å²) in [5.41, 5.74) is 1.74. The molecule has 1 amide bonds. The SMILES string of the molecule is O=C1OCc2cc(Br)ccc2N1C1CCN(S(=O)(=O)c2c(Cl)nc3sccn23)CC1. The highest BCUT2D eigenvalue weighted by atomic mass is 79.9. The molecule has 12 heteroatoms. The number of hydrogen-bond acceptors (Lipinski definition) is 6. The number of imidazole rings is 1. The Labute approximate surface area is 190 Å². The molecule has 0 spiro atoms. The number of sulfonamides is 1. The van der Waals surface area contributed by atoms with Gasteiger partial charge in [0.15, 0.2) is 15.1 Å². The standard InChI is InChI=1S/C18H16BrClN4O4S2/c19-12-1-2-14-11(9-12)10-28-18(25)24(14)13-3-5-22(6-4-13)30(26,27)16-15(20)21-17-23(16)7-8-29-17/h1-2,7-9,13H,3-6,10H2. The molecule has 0 radical (unpaired) electrons. The van der Waals surface area contributed by atoms with Crippen molar-refractivity contribution in [2.45, 2.75) is 30.5 Å². The molecule has 0 saturated carbocycles. The lowest BCUT2D eigenvalue weighted by molar-refractivity contribution is 0.135. The normalized spacial score (nSPS) is 18.6. The number of benzene rings is 1. The summed E-state index contributed by atoms with van der Waals surface area (Å²) in [7, 11) is -3.81. The van der Waals surface area contributed by atoms with Crippen LogP contribution in [0.3, 0.4) is 0 Å². The van der Waals surface area contributed by atoms with Crippen LogP contribution in [-0.4, -0.2) is 47.3 Å². The quantitative estimate of drug-likeness (QED) is 0.508. The van der Waals surface area contributed by atoms with Crippen molar-refractivity contribution in [2.24, 2.45) is 0 Å². The summed E-state index contributed by atoms with van der Waals surface area (Å²) in [5.74, 6) is 0. The van der Waals surface area contributed by atoms with Gasteiger partial charge in [-0.1, -0.05) is 27.5 Å². The van der Waals surface area contributed by atoms with Crippen LogP contribution in [0.2, 0.25) is 5.15 Å². The second kappa shape index (κ2) is 7.49. The maximum Gasteiger partial charge on any atom is 0.414 e. The third kappa shape index (κ3) is 3.23. The average Bonchev–Trinajstić information content (AvgIpc) is 3.28. The zero-order valence-corrected chi connectivity index (χ0v) is 19.5. The summed E-state index contributed by atoms with van der Waals surface area (Å²) in [5, 5.41) is 1.73. The number of amides is 1. The Kier molecular flexibility index (Phi) is 5.05. The molecule has 8 nitrogen and oxygen atoms in total. The van der Waals surface area contributed by atoms with E-state index in [0.717, 1.165) is 15.7 Å². The predicted molar refractivity (Wildman–Crippen MR) is 117 cm³/mol. The van der Waals surface area contributed by atoms with Gasteiger partial charge in [-0.3, -0.25) is 9.30 Å². The maximum atomic E-state index is 13.2. The summed E-state index contributed by atoms with van der Waals surface area (Å²) < 4.78 is 35.6. The number of rotatable bonds is 3. The number of carbonyl (C=O) groups is 1. The topological polar surface area (TPSA) is 84.2 Å². The van der Waals surface area contributed by atoms with Crippen molar-refractivity contribution in [3.05, 3.63) is 45.0 Å². The van der Waals surface area contributed by atoms with E-state index in [0.29, 0.717) is 17.8 Å². The van der Waals surface area contributed by atoms with Crippen molar-refractivity contribution in [1.29, 1.82) is 0 Å². The summed E-state index contributed by atoms with van der Waals surface area (Å²) >= 11 is 10.9. The molecule has 30 heavy (non-hydrogen) atoms. The van der Waals surface area contributed by atoms with E-state index < -0.39 is 16.1 Å². The summed E-state index contributed by atoms with van der Waals surface area (Å²) in [6.07, 6.45) is 2.24. The fraction of sp³-hybridized carbons (Fsp3) is 0.333. The van der Waals surface area contributed by atoms with E-state index in [4.69, 9.17) is 16.3 Å². The zero-order chi connectivity index (χ0) is 21.0. The zero-order valence-electron chi connectivity index (χ0n) is 15.5. The molecule has 4 heterocycles. The lowest BCUT2D eigenvalue weighted by Crippen LogP contribution is -2.50. The molecular weight excluding hydrogens is 516 g/mol. The Morgan fingerprint density at radius 3 is 2.80 bits per heavy atom. The Morgan fingerprint density at radius 1 is 1.27 bits per heavy atom. The van der Waals surface area contributed by atoms with Crippen LogP contribution < -0.4 is 4.90 Å². The van der Waals surface area contributed by atoms with E-state index in [1.807, 2.05) is 18.2 Å². The number of piperidine rings is 1. The number of cyclic esters (lactones) is 1. The highest BCUT2D eigenvalue weighted by Crippen LogP contribution is 2.35. The van der Waals surface area contributed by atoms with Crippen molar-refractivity contribution in [3.8, 4) is 0 Å². The first-order valence-corrected chi connectivity index (χ1v) is 12.7. The average molecular weight is 532 g/mol. The van der Waals surface area contributed by atoms with E-state index >= 15 is 0 Å². The molecule has 1 saturated heterocycles. The van der Waals surface area contributed by atoms with E-state index in [-0.39, 0.29) is 35.9 Å². The number of aromatic nitrogens is 2. The molecule has 2 aliphatic rings. The number of anilines is 1. The predicted octanol–water partition coefficient (Wildman–Crippen LogP) is 4.12. The van der Waals surface area contributed by atoms with Crippen LogP contribution in [-0.2, 0) is 21.4 Å². The number of thiazole rings is 1. The highest BCUT2D eigenvalue weighted by Gasteiger charge is 2.39. The first kappa shape index (κ1) is 20.3. The molecule has 2 aliphatic heterocycles.